The Morgan fingerprint density at radius 3 is 3.04 bits per heavy atom. The molecule has 3 heterocycles. The SMILES string of the molecule is O=C([C@H]1COCCO1)N1CCC[C@@H](c2nc3ccccc3[nH]2)C1. The molecule has 1 N–H and O–H groups in total. The molecule has 6 nitrogen and oxygen atoms in total. The van der Waals surface area contributed by atoms with Crippen LogP contribution in [0.3, 0.4) is 0 Å². The quantitative estimate of drug-likeness (QED) is 0.915. The Hall–Kier alpha value is -1.92. The lowest BCUT2D eigenvalue weighted by atomic mass is 9.97. The van der Waals surface area contributed by atoms with Crippen molar-refractivity contribution in [3.63, 3.8) is 0 Å². The molecule has 0 saturated carbocycles. The van der Waals surface area contributed by atoms with Gasteiger partial charge >= 0.3 is 0 Å². The van der Waals surface area contributed by atoms with Gasteiger partial charge in [-0.2, -0.15) is 0 Å². The van der Waals surface area contributed by atoms with Crippen molar-refractivity contribution in [2.75, 3.05) is 32.9 Å². The first kappa shape index (κ1) is 14.7. The standard InChI is InChI=1S/C17H21N3O3/c21-17(15-11-22-8-9-23-15)20-7-3-4-12(10-20)16-18-13-5-1-2-6-14(13)19-16/h1-2,5-6,12,15H,3-4,7-11H2,(H,18,19)/t12-,15-/m1/s1. The van der Waals surface area contributed by atoms with Crippen LogP contribution in [-0.4, -0.2) is 59.8 Å². The van der Waals surface area contributed by atoms with E-state index in [-0.39, 0.29) is 11.8 Å². The van der Waals surface area contributed by atoms with Gasteiger partial charge < -0.3 is 19.4 Å². The fourth-order valence-electron chi connectivity index (χ4n) is 3.40. The maximum absolute atomic E-state index is 12.6. The van der Waals surface area contributed by atoms with Gasteiger partial charge in [0.1, 0.15) is 5.82 Å². The van der Waals surface area contributed by atoms with E-state index in [4.69, 9.17) is 14.5 Å². The number of aromatic amines is 1. The third-order valence-electron chi connectivity index (χ3n) is 4.62. The number of carbonyl (C=O) groups is 1. The number of H-pyrrole nitrogens is 1. The topological polar surface area (TPSA) is 67.5 Å². The highest BCUT2D eigenvalue weighted by molar-refractivity contribution is 5.81. The normalized spacial score (nSPS) is 25.7. The van der Waals surface area contributed by atoms with Gasteiger partial charge in [-0.1, -0.05) is 12.1 Å². The predicted molar refractivity (Wildman–Crippen MR) is 85.2 cm³/mol. The van der Waals surface area contributed by atoms with E-state index in [0.29, 0.717) is 26.4 Å². The maximum atomic E-state index is 12.6. The van der Waals surface area contributed by atoms with Crippen molar-refractivity contribution in [2.45, 2.75) is 24.9 Å². The summed E-state index contributed by atoms with van der Waals surface area (Å²) in [5, 5.41) is 0. The summed E-state index contributed by atoms with van der Waals surface area (Å²) in [6.07, 6.45) is 1.59. The number of nitrogens with zero attached hydrogens (tertiary/aromatic N) is 2. The Kier molecular flexibility index (Phi) is 4.01. The summed E-state index contributed by atoms with van der Waals surface area (Å²) in [4.78, 5) is 22.6. The molecule has 0 aliphatic carbocycles. The minimum absolute atomic E-state index is 0.0468. The molecule has 1 amide bonds. The molecule has 2 atom stereocenters. The Morgan fingerprint density at radius 2 is 2.22 bits per heavy atom. The first-order valence-electron chi connectivity index (χ1n) is 8.24. The lowest BCUT2D eigenvalue weighted by Crippen LogP contribution is -2.48. The van der Waals surface area contributed by atoms with Gasteiger partial charge in [-0.05, 0) is 25.0 Å². The summed E-state index contributed by atoms with van der Waals surface area (Å²) in [6, 6.07) is 8.03. The first-order chi connectivity index (χ1) is 11.3. The number of benzene rings is 1. The number of hydrogen-bond donors (Lipinski definition) is 1. The van der Waals surface area contributed by atoms with Crippen molar-refractivity contribution in [3.8, 4) is 0 Å². The molecule has 122 valence electrons. The molecule has 0 radical (unpaired) electrons. The maximum Gasteiger partial charge on any atom is 0.254 e. The lowest BCUT2D eigenvalue weighted by molar-refractivity contribution is -0.159. The lowest BCUT2D eigenvalue weighted by Gasteiger charge is -2.35. The Bertz CT molecular complexity index is 660. The number of hydrogen-bond acceptors (Lipinski definition) is 4. The second kappa shape index (κ2) is 6.29. The highest BCUT2D eigenvalue weighted by atomic mass is 16.6. The molecule has 2 aromatic rings. The summed E-state index contributed by atoms with van der Waals surface area (Å²) < 4.78 is 10.9. The van der Waals surface area contributed by atoms with Gasteiger partial charge in [0.05, 0.1) is 30.9 Å². The molecule has 6 heteroatoms. The van der Waals surface area contributed by atoms with Gasteiger partial charge in [0.2, 0.25) is 0 Å². The van der Waals surface area contributed by atoms with E-state index in [9.17, 15) is 4.79 Å². The van der Waals surface area contributed by atoms with E-state index in [1.165, 1.54) is 0 Å². The van der Waals surface area contributed by atoms with E-state index >= 15 is 0 Å². The molecule has 2 saturated heterocycles. The number of piperidine rings is 1. The molecule has 0 spiro atoms. The first-order valence-corrected chi connectivity index (χ1v) is 8.24. The van der Waals surface area contributed by atoms with Gasteiger partial charge in [0.25, 0.3) is 5.91 Å². The van der Waals surface area contributed by atoms with Crippen molar-refractivity contribution >= 4 is 16.9 Å². The van der Waals surface area contributed by atoms with Crippen LogP contribution in [0.4, 0.5) is 0 Å². The predicted octanol–water partition coefficient (Wildman–Crippen LogP) is 1.68. The van der Waals surface area contributed by atoms with Crippen molar-refractivity contribution < 1.29 is 14.3 Å². The molecule has 2 aliphatic heterocycles. The van der Waals surface area contributed by atoms with E-state index in [2.05, 4.69) is 4.98 Å². The number of para-hydroxylation sites is 2. The van der Waals surface area contributed by atoms with Gasteiger partial charge in [0.15, 0.2) is 6.10 Å². The van der Waals surface area contributed by atoms with E-state index < -0.39 is 6.10 Å². The molecular weight excluding hydrogens is 294 g/mol. The van der Waals surface area contributed by atoms with Crippen LogP contribution in [0.15, 0.2) is 24.3 Å². The zero-order valence-electron chi connectivity index (χ0n) is 13.0. The molecule has 0 bridgehead atoms. The van der Waals surface area contributed by atoms with Gasteiger partial charge in [-0.25, -0.2) is 4.98 Å². The van der Waals surface area contributed by atoms with Crippen LogP contribution in [0.2, 0.25) is 0 Å². The van der Waals surface area contributed by atoms with Crippen LogP contribution in [0.25, 0.3) is 11.0 Å². The van der Waals surface area contributed by atoms with Crippen LogP contribution in [0, 0.1) is 0 Å². The summed E-state index contributed by atoms with van der Waals surface area (Å²) in [5.41, 5.74) is 2.03. The van der Waals surface area contributed by atoms with Crippen LogP contribution in [0.5, 0.6) is 0 Å². The molecule has 1 aromatic carbocycles. The second-order valence-electron chi connectivity index (χ2n) is 6.20. The molecule has 2 fully saturated rings. The third-order valence-corrected chi connectivity index (χ3v) is 4.62. The monoisotopic (exact) mass is 315 g/mol. The van der Waals surface area contributed by atoms with Gasteiger partial charge in [0, 0.05) is 19.0 Å². The number of nitrogens with one attached hydrogen (secondary N) is 1. The fraction of sp³-hybridized carbons (Fsp3) is 0.529. The molecule has 0 unspecified atom stereocenters. The Labute approximate surface area is 134 Å². The van der Waals surface area contributed by atoms with Crippen LogP contribution < -0.4 is 0 Å². The van der Waals surface area contributed by atoms with Crippen molar-refractivity contribution in [1.82, 2.24) is 14.9 Å². The summed E-state index contributed by atoms with van der Waals surface area (Å²) >= 11 is 0. The minimum atomic E-state index is -0.446. The second-order valence-corrected chi connectivity index (χ2v) is 6.20. The van der Waals surface area contributed by atoms with E-state index in [1.807, 2.05) is 29.2 Å². The van der Waals surface area contributed by atoms with Crippen LogP contribution in [-0.2, 0) is 14.3 Å². The molecule has 1 aromatic heterocycles. The Balaban J connectivity index is 1.48. The summed E-state index contributed by atoms with van der Waals surface area (Å²) in [7, 11) is 0. The highest BCUT2D eigenvalue weighted by Crippen LogP contribution is 2.27. The van der Waals surface area contributed by atoms with Gasteiger partial charge in [-0.3, -0.25) is 4.79 Å². The largest absolute Gasteiger partial charge is 0.376 e. The number of likely N-dealkylation sites (tertiary alicyclic amines) is 1. The van der Waals surface area contributed by atoms with E-state index in [1.54, 1.807) is 0 Å². The van der Waals surface area contributed by atoms with Crippen LogP contribution >= 0.6 is 0 Å². The van der Waals surface area contributed by atoms with Crippen molar-refractivity contribution in [1.29, 1.82) is 0 Å². The minimum Gasteiger partial charge on any atom is -0.376 e. The number of imidazole rings is 1. The highest BCUT2D eigenvalue weighted by Gasteiger charge is 2.32. The fourth-order valence-corrected chi connectivity index (χ4v) is 3.40. The average Bonchev–Trinajstić information content (AvgIpc) is 3.06. The third kappa shape index (κ3) is 2.96. The Morgan fingerprint density at radius 1 is 1.30 bits per heavy atom. The number of carbonyl (C=O) groups excluding carboxylic acids is 1. The number of amides is 1. The summed E-state index contributed by atoms with van der Waals surface area (Å²) in [6.45, 7) is 2.92. The molecule has 2 aliphatic rings. The number of fused-ring (bicyclic) bond motifs is 1. The molecular formula is C17H21N3O3. The van der Waals surface area contributed by atoms with Gasteiger partial charge in [-0.15, -0.1) is 0 Å². The summed E-state index contributed by atoms with van der Waals surface area (Å²) in [5.74, 6) is 1.28. The number of rotatable bonds is 2. The van der Waals surface area contributed by atoms with Crippen molar-refractivity contribution in [3.05, 3.63) is 30.1 Å². The zero-order chi connectivity index (χ0) is 15.6. The molecule has 4 rings (SSSR count). The number of aromatic nitrogens is 2. The van der Waals surface area contributed by atoms with E-state index in [0.717, 1.165) is 36.2 Å². The smallest absolute Gasteiger partial charge is 0.254 e. The van der Waals surface area contributed by atoms with Crippen molar-refractivity contribution in [2.24, 2.45) is 0 Å². The van der Waals surface area contributed by atoms with Crippen LogP contribution in [0.1, 0.15) is 24.6 Å². The zero-order valence-corrected chi connectivity index (χ0v) is 13.0. The number of ether oxygens (including phenoxy) is 2. The average molecular weight is 315 g/mol. The molecule has 23 heavy (non-hydrogen) atoms.